The van der Waals surface area contributed by atoms with Gasteiger partial charge in [0.05, 0.1) is 17.5 Å². The van der Waals surface area contributed by atoms with Crippen molar-refractivity contribution in [2.24, 2.45) is 0 Å². The fraction of sp³-hybridized carbons (Fsp3) is 0.538. The highest BCUT2D eigenvalue weighted by Crippen LogP contribution is 2.19. The maximum absolute atomic E-state index is 11.8. The predicted molar refractivity (Wildman–Crippen MR) is 77.1 cm³/mol. The SMILES string of the molecule is Nc1ccccc1OCCS(=O)(=O)NCC1CCCO1. The summed E-state index contributed by atoms with van der Waals surface area (Å²) in [6, 6.07) is 7.00. The zero-order chi connectivity index (χ0) is 14.4. The van der Waals surface area contributed by atoms with Crippen LogP contribution in [0.4, 0.5) is 5.69 Å². The van der Waals surface area contributed by atoms with Gasteiger partial charge < -0.3 is 15.2 Å². The number of ether oxygens (including phenoxy) is 2. The van der Waals surface area contributed by atoms with Gasteiger partial charge in [-0.25, -0.2) is 13.1 Å². The summed E-state index contributed by atoms with van der Waals surface area (Å²) in [7, 11) is -3.35. The third-order valence-electron chi connectivity index (χ3n) is 3.08. The first-order valence-electron chi connectivity index (χ1n) is 6.63. The van der Waals surface area contributed by atoms with Crippen LogP contribution in [-0.4, -0.2) is 40.0 Å². The first kappa shape index (κ1) is 15.1. The minimum Gasteiger partial charge on any atom is -0.490 e. The molecule has 1 unspecified atom stereocenters. The van der Waals surface area contributed by atoms with Crippen LogP contribution in [0.15, 0.2) is 24.3 Å². The topological polar surface area (TPSA) is 90.7 Å². The summed E-state index contributed by atoms with van der Waals surface area (Å²) in [5, 5.41) is 0. The van der Waals surface area contributed by atoms with Crippen molar-refractivity contribution < 1.29 is 17.9 Å². The molecule has 112 valence electrons. The van der Waals surface area contributed by atoms with Crippen molar-refractivity contribution in [1.29, 1.82) is 0 Å². The van der Waals surface area contributed by atoms with Crippen LogP contribution in [0.3, 0.4) is 0 Å². The molecule has 6 nitrogen and oxygen atoms in total. The molecule has 1 atom stereocenters. The van der Waals surface area contributed by atoms with E-state index >= 15 is 0 Å². The van der Waals surface area contributed by atoms with Gasteiger partial charge in [0, 0.05) is 13.2 Å². The molecular formula is C13H20N2O4S. The van der Waals surface area contributed by atoms with Crippen LogP contribution in [0.1, 0.15) is 12.8 Å². The van der Waals surface area contributed by atoms with Gasteiger partial charge >= 0.3 is 0 Å². The fourth-order valence-corrected chi connectivity index (χ4v) is 2.86. The van der Waals surface area contributed by atoms with Gasteiger partial charge in [0.25, 0.3) is 0 Å². The molecule has 1 aliphatic heterocycles. The summed E-state index contributed by atoms with van der Waals surface area (Å²) in [6.07, 6.45) is 1.89. The van der Waals surface area contributed by atoms with E-state index in [-0.39, 0.29) is 18.5 Å². The summed E-state index contributed by atoms with van der Waals surface area (Å²) in [5.74, 6) is 0.399. The van der Waals surface area contributed by atoms with Crippen LogP contribution in [0.25, 0.3) is 0 Å². The number of anilines is 1. The van der Waals surface area contributed by atoms with E-state index in [4.69, 9.17) is 15.2 Å². The number of nitrogens with one attached hydrogen (secondary N) is 1. The molecule has 0 spiro atoms. The molecule has 2 rings (SSSR count). The molecule has 1 fully saturated rings. The number of benzene rings is 1. The van der Waals surface area contributed by atoms with Gasteiger partial charge in [-0.05, 0) is 25.0 Å². The lowest BCUT2D eigenvalue weighted by molar-refractivity contribution is 0.114. The maximum atomic E-state index is 11.8. The monoisotopic (exact) mass is 300 g/mol. The van der Waals surface area contributed by atoms with E-state index in [1.165, 1.54) is 0 Å². The summed E-state index contributed by atoms with van der Waals surface area (Å²) in [6.45, 7) is 1.10. The van der Waals surface area contributed by atoms with Crippen LogP contribution >= 0.6 is 0 Å². The molecule has 0 radical (unpaired) electrons. The highest BCUT2D eigenvalue weighted by Gasteiger charge is 2.18. The second kappa shape index (κ2) is 6.92. The molecule has 0 aromatic heterocycles. The lowest BCUT2D eigenvalue weighted by Gasteiger charge is -2.12. The minimum absolute atomic E-state index is 0.00420. The Morgan fingerprint density at radius 3 is 2.90 bits per heavy atom. The van der Waals surface area contributed by atoms with E-state index in [0.717, 1.165) is 12.8 Å². The van der Waals surface area contributed by atoms with E-state index < -0.39 is 10.0 Å². The molecular weight excluding hydrogens is 280 g/mol. The van der Waals surface area contributed by atoms with Gasteiger partial charge in [-0.15, -0.1) is 0 Å². The van der Waals surface area contributed by atoms with Crippen LogP contribution in [0, 0.1) is 0 Å². The standard InChI is InChI=1S/C13H20N2O4S/c14-12-5-1-2-6-13(12)19-8-9-20(16,17)15-10-11-4-3-7-18-11/h1-2,5-6,11,15H,3-4,7-10,14H2. The summed E-state index contributed by atoms with van der Waals surface area (Å²) in [4.78, 5) is 0. The number of hydrogen-bond acceptors (Lipinski definition) is 5. The highest BCUT2D eigenvalue weighted by molar-refractivity contribution is 7.89. The Morgan fingerprint density at radius 1 is 1.40 bits per heavy atom. The van der Waals surface area contributed by atoms with Crippen LogP contribution in [0.5, 0.6) is 5.75 Å². The van der Waals surface area contributed by atoms with Crippen molar-refractivity contribution in [2.45, 2.75) is 18.9 Å². The Labute approximate surface area is 119 Å². The Balaban J connectivity index is 1.73. The third-order valence-corrected chi connectivity index (χ3v) is 4.39. The lowest BCUT2D eigenvalue weighted by atomic mass is 10.2. The van der Waals surface area contributed by atoms with Crippen LogP contribution in [-0.2, 0) is 14.8 Å². The van der Waals surface area contributed by atoms with Crippen molar-refractivity contribution in [3.05, 3.63) is 24.3 Å². The molecule has 0 saturated carbocycles. The van der Waals surface area contributed by atoms with Crippen LogP contribution < -0.4 is 15.2 Å². The molecule has 20 heavy (non-hydrogen) atoms. The molecule has 1 aromatic carbocycles. The van der Waals surface area contributed by atoms with Crippen molar-refractivity contribution in [1.82, 2.24) is 4.72 Å². The molecule has 1 saturated heterocycles. The van der Waals surface area contributed by atoms with Crippen molar-refractivity contribution in [3.63, 3.8) is 0 Å². The predicted octanol–water partition coefficient (Wildman–Crippen LogP) is 0.746. The largest absolute Gasteiger partial charge is 0.490 e. The van der Waals surface area contributed by atoms with Crippen molar-refractivity contribution in [2.75, 3.05) is 31.2 Å². The number of nitrogen functional groups attached to an aromatic ring is 1. The second-order valence-corrected chi connectivity index (χ2v) is 6.62. The van der Waals surface area contributed by atoms with E-state index in [0.29, 0.717) is 24.6 Å². The second-order valence-electron chi connectivity index (χ2n) is 4.69. The molecule has 0 bridgehead atoms. The van der Waals surface area contributed by atoms with E-state index in [9.17, 15) is 8.42 Å². The molecule has 7 heteroatoms. The third kappa shape index (κ3) is 4.66. The Morgan fingerprint density at radius 2 is 2.20 bits per heavy atom. The van der Waals surface area contributed by atoms with Crippen molar-refractivity contribution >= 4 is 15.7 Å². The number of para-hydroxylation sites is 2. The molecule has 3 N–H and O–H groups in total. The molecule has 1 aromatic rings. The number of nitrogens with two attached hydrogens (primary N) is 1. The first-order valence-corrected chi connectivity index (χ1v) is 8.28. The van der Waals surface area contributed by atoms with Crippen LogP contribution in [0.2, 0.25) is 0 Å². The number of rotatable bonds is 7. The Bertz CT molecular complexity index is 527. The summed E-state index contributed by atoms with van der Waals surface area (Å²) in [5.41, 5.74) is 6.20. The number of hydrogen-bond donors (Lipinski definition) is 2. The molecule has 0 aliphatic carbocycles. The first-order chi connectivity index (χ1) is 9.57. The van der Waals surface area contributed by atoms with E-state index in [1.54, 1.807) is 24.3 Å². The maximum Gasteiger partial charge on any atom is 0.215 e. The van der Waals surface area contributed by atoms with E-state index in [2.05, 4.69) is 4.72 Å². The van der Waals surface area contributed by atoms with E-state index in [1.807, 2.05) is 0 Å². The molecule has 0 amide bonds. The minimum atomic E-state index is -3.35. The van der Waals surface area contributed by atoms with Gasteiger partial charge in [0.15, 0.2) is 0 Å². The lowest BCUT2D eigenvalue weighted by Crippen LogP contribution is -2.34. The smallest absolute Gasteiger partial charge is 0.215 e. The van der Waals surface area contributed by atoms with Crippen molar-refractivity contribution in [3.8, 4) is 5.75 Å². The zero-order valence-corrected chi connectivity index (χ0v) is 12.1. The van der Waals surface area contributed by atoms with Gasteiger partial charge in [0.1, 0.15) is 12.4 Å². The normalized spacial score (nSPS) is 19.1. The van der Waals surface area contributed by atoms with Gasteiger partial charge in [0.2, 0.25) is 10.0 Å². The number of sulfonamides is 1. The highest BCUT2D eigenvalue weighted by atomic mass is 32.2. The Hall–Kier alpha value is -1.31. The van der Waals surface area contributed by atoms with Gasteiger partial charge in [-0.1, -0.05) is 12.1 Å². The summed E-state index contributed by atoms with van der Waals surface area (Å²) < 4.78 is 36.8. The average molecular weight is 300 g/mol. The summed E-state index contributed by atoms with van der Waals surface area (Å²) >= 11 is 0. The fourth-order valence-electron chi connectivity index (χ4n) is 1.97. The Kier molecular flexibility index (Phi) is 5.22. The van der Waals surface area contributed by atoms with Gasteiger partial charge in [-0.2, -0.15) is 0 Å². The van der Waals surface area contributed by atoms with Gasteiger partial charge in [-0.3, -0.25) is 0 Å². The molecule has 1 aliphatic rings. The average Bonchev–Trinajstić information content (AvgIpc) is 2.92. The zero-order valence-electron chi connectivity index (χ0n) is 11.2. The molecule has 1 heterocycles. The quantitative estimate of drug-likeness (QED) is 0.725.